The number of carbonyl (C=O) groups excluding carboxylic acids is 1. The third-order valence-corrected chi connectivity index (χ3v) is 7.20. The van der Waals surface area contributed by atoms with Crippen LogP contribution < -0.4 is 10.8 Å². The average molecular weight is 472 g/mol. The third-order valence-electron chi connectivity index (χ3n) is 6.46. The fourth-order valence-corrected chi connectivity index (χ4v) is 5.12. The second-order valence-corrected chi connectivity index (χ2v) is 9.46. The SMILES string of the molecule is C[B]c1cnn2c(NCC3CCN(C(=O)Cc4ccsc4)CC3)cc(-c3ccccc3O)nc12. The first-order chi connectivity index (χ1) is 16.6. The number of hydrogen-bond acceptors (Lipinski definition) is 6. The van der Waals surface area contributed by atoms with E-state index in [0.717, 1.165) is 55.0 Å². The van der Waals surface area contributed by atoms with Gasteiger partial charge in [-0.2, -0.15) is 21.0 Å². The molecule has 5 rings (SSSR count). The van der Waals surface area contributed by atoms with Crippen LogP contribution in [0.25, 0.3) is 16.9 Å². The topological polar surface area (TPSA) is 82.8 Å². The van der Waals surface area contributed by atoms with E-state index in [4.69, 9.17) is 4.98 Å². The summed E-state index contributed by atoms with van der Waals surface area (Å²) in [6.07, 6.45) is 4.23. The lowest BCUT2D eigenvalue weighted by molar-refractivity contribution is -0.131. The molecule has 9 heteroatoms. The normalized spacial score (nSPS) is 14.4. The number of nitrogens with zero attached hydrogens (tertiary/aromatic N) is 4. The van der Waals surface area contributed by atoms with Crippen LogP contribution in [0.2, 0.25) is 6.82 Å². The molecule has 3 aromatic heterocycles. The number of hydrogen-bond donors (Lipinski definition) is 2. The maximum absolute atomic E-state index is 12.6. The van der Waals surface area contributed by atoms with Crippen molar-refractivity contribution in [3.8, 4) is 17.0 Å². The average Bonchev–Trinajstić information content (AvgIpc) is 3.52. The zero-order valence-corrected chi connectivity index (χ0v) is 20.0. The van der Waals surface area contributed by atoms with Gasteiger partial charge in [0.2, 0.25) is 5.91 Å². The number of aromatic hydroxyl groups is 1. The van der Waals surface area contributed by atoms with Gasteiger partial charge in [0, 0.05) is 37.5 Å². The van der Waals surface area contributed by atoms with E-state index in [-0.39, 0.29) is 11.7 Å². The number of likely N-dealkylation sites (tertiary alicyclic amines) is 1. The van der Waals surface area contributed by atoms with E-state index in [2.05, 4.69) is 10.4 Å². The number of phenols is 1. The Labute approximate surface area is 203 Å². The predicted molar refractivity (Wildman–Crippen MR) is 137 cm³/mol. The van der Waals surface area contributed by atoms with E-state index in [9.17, 15) is 9.90 Å². The lowest BCUT2D eigenvalue weighted by Crippen LogP contribution is -2.40. The van der Waals surface area contributed by atoms with Gasteiger partial charge in [0.05, 0.1) is 12.1 Å². The van der Waals surface area contributed by atoms with Gasteiger partial charge in [-0.1, -0.05) is 19.0 Å². The molecule has 2 N–H and O–H groups in total. The summed E-state index contributed by atoms with van der Waals surface area (Å²) in [6.45, 7) is 4.34. The van der Waals surface area contributed by atoms with Crippen LogP contribution in [0.5, 0.6) is 5.75 Å². The summed E-state index contributed by atoms with van der Waals surface area (Å²) in [5.41, 5.74) is 4.18. The zero-order chi connectivity index (χ0) is 23.5. The highest BCUT2D eigenvalue weighted by Gasteiger charge is 2.23. The maximum Gasteiger partial charge on any atom is 0.227 e. The van der Waals surface area contributed by atoms with Gasteiger partial charge in [-0.05, 0) is 58.7 Å². The largest absolute Gasteiger partial charge is 0.507 e. The molecule has 1 fully saturated rings. The van der Waals surface area contributed by atoms with Crippen molar-refractivity contribution in [1.82, 2.24) is 19.5 Å². The first-order valence-electron chi connectivity index (χ1n) is 11.6. The molecule has 0 bridgehead atoms. The van der Waals surface area contributed by atoms with Gasteiger partial charge in [-0.15, -0.1) is 0 Å². The number of amides is 1. The molecule has 0 unspecified atom stereocenters. The maximum atomic E-state index is 12.6. The van der Waals surface area contributed by atoms with Crippen LogP contribution in [0.3, 0.4) is 0 Å². The van der Waals surface area contributed by atoms with E-state index in [0.29, 0.717) is 23.6 Å². The molecular weight excluding hydrogens is 445 g/mol. The van der Waals surface area contributed by atoms with Gasteiger partial charge in [-0.25, -0.2) is 4.98 Å². The molecule has 7 nitrogen and oxygen atoms in total. The van der Waals surface area contributed by atoms with Gasteiger partial charge in [0.25, 0.3) is 0 Å². The molecule has 1 aliphatic rings. The first-order valence-corrected chi connectivity index (χ1v) is 12.6. The monoisotopic (exact) mass is 472 g/mol. The molecule has 1 aliphatic heterocycles. The number of fused-ring (bicyclic) bond motifs is 1. The summed E-state index contributed by atoms with van der Waals surface area (Å²) in [5, 5.41) is 22.5. The van der Waals surface area contributed by atoms with Crippen molar-refractivity contribution < 1.29 is 9.90 Å². The van der Waals surface area contributed by atoms with Gasteiger partial charge in [-0.3, -0.25) is 4.79 Å². The minimum Gasteiger partial charge on any atom is -0.507 e. The van der Waals surface area contributed by atoms with Crippen LogP contribution in [-0.2, 0) is 11.2 Å². The van der Waals surface area contributed by atoms with Gasteiger partial charge in [0.15, 0.2) is 12.9 Å². The smallest absolute Gasteiger partial charge is 0.227 e. The van der Waals surface area contributed by atoms with E-state index in [1.54, 1.807) is 29.7 Å². The third kappa shape index (κ3) is 4.66. The molecule has 1 aromatic carbocycles. The lowest BCUT2D eigenvalue weighted by atomic mass is 9.75. The second-order valence-electron chi connectivity index (χ2n) is 8.68. The summed E-state index contributed by atoms with van der Waals surface area (Å²) < 4.78 is 1.82. The summed E-state index contributed by atoms with van der Waals surface area (Å²) in [4.78, 5) is 19.4. The Kier molecular flexibility index (Phi) is 6.53. The van der Waals surface area contributed by atoms with E-state index < -0.39 is 0 Å². The van der Waals surface area contributed by atoms with Crippen molar-refractivity contribution in [2.45, 2.75) is 26.1 Å². The number of carbonyl (C=O) groups is 1. The number of rotatable bonds is 7. The fourth-order valence-electron chi connectivity index (χ4n) is 4.45. The van der Waals surface area contributed by atoms with Crippen molar-refractivity contribution in [3.05, 3.63) is 58.9 Å². The summed E-state index contributed by atoms with van der Waals surface area (Å²) in [5.74, 6) is 1.72. The number of piperidine rings is 1. The first kappa shape index (κ1) is 22.5. The number of aromatic nitrogens is 3. The van der Waals surface area contributed by atoms with E-state index in [1.807, 2.05) is 58.5 Å². The van der Waals surface area contributed by atoms with Crippen molar-refractivity contribution in [3.63, 3.8) is 0 Å². The fraction of sp³-hybridized carbons (Fsp3) is 0.320. The molecule has 0 spiro atoms. The molecule has 1 amide bonds. The van der Waals surface area contributed by atoms with Crippen LogP contribution in [0.15, 0.2) is 53.4 Å². The molecule has 0 atom stereocenters. The van der Waals surface area contributed by atoms with Crippen molar-refractivity contribution in [2.24, 2.45) is 5.92 Å². The predicted octanol–water partition coefficient (Wildman–Crippen LogP) is 3.43. The van der Waals surface area contributed by atoms with Crippen molar-refractivity contribution in [2.75, 3.05) is 25.0 Å². The number of thiophene rings is 1. The zero-order valence-electron chi connectivity index (χ0n) is 19.1. The molecule has 4 aromatic rings. The summed E-state index contributed by atoms with van der Waals surface area (Å²) in [7, 11) is 1.98. The highest BCUT2D eigenvalue weighted by Crippen LogP contribution is 2.29. The van der Waals surface area contributed by atoms with Gasteiger partial charge < -0.3 is 15.3 Å². The minimum atomic E-state index is 0.200. The van der Waals surface area contributed by atoms with Gasteiger partial charge in [0.1, 0.15) is 11.6 Å². The Morgan fingerprint density at radius 3 is 2.82 bits per heavy atom. The Hall–Kier alpha value is -3.33. The Morgan fingerprint density at radius 1 is 1.26 bits per heavy atom. The molecule has 1 radical (unpaired) electrons. The number of anilines is 1. The number of para-hydroxylation sites is 1. The molecule has 4 heterocycles. The highest BCUT2D eigenvalue weighted by atomic mass is 32.1. The quantitative estimate of drug-likeness (QED) is 0.403. The standard InChI is InChI=1S/C25H27BN5O2S/c1-26-20-15-28-31-23(13-21(29-25(20)31)19-4-2-3-5-22(19)32)27-14-17-6-9-30(10-7-17)24(33)12-18-8-11-34-16-18/h2-5,8,11,13,15-17,27,32H,6-7,9-10,12,14H2,1H3. The number of benzene rings is 1. The Bertz CT molecular complexity index is 1280. The van der Waals surface area contributed by atoms with Crippen LogP contribution in [-0.4, -0.2) is 57.4 Å². The highest BCUT2D eigenvalue weighted by molar-refractivity contribution is 7.08. The lowest BCUT2D eigenvalue weighted by Gasteiger charge is -2.32. The van der Waals surface area contributed by atoms with Crippen LogP contribution >= 0.6 is 11.3 Å². The van der Waals surface area contributed by atoms with Crippen LogP contribution in [0, 0.1) is 5.92 Å². The van der Waals surface area contributed by atoms with Crippen molar-refractivity contribution >= 4 is 41.5 Å². The Balaban J connectivity index is 1.28. The van der Waals surface area contributed by atoms with Crippen molar-refractivity contribution in [1.29, 1.82) is 0 Å². The molecular formula is C25H27BN5O2S. The minimum absolute atomic E-state index is 0.200. The van der Waals surface area contributed by atoms with E-state index in [1.165, 1.54) is 0 Å². The van der Waals surface area contributed by atoms with Gasteiger partial charge >= 0.3 is 0 Å². The molecule has 0 saturated carbocycles. The molecule has 34 heavy (non-hydrogen) atoms. The van der Waals surface area contributed by atoms with Crippen LogP contribution in [0.4, 0.5) is 5.82 Å². The second kappa shape index (κ2) is 9.89. The Morgan fingerprint density at radius 2 is 2.09 bits per heavy atom. The summed E-state index contributed by atoms with van der Waals surface area (Å²) in [6, 6.07) is 11.2. The summed E-state index contributed by atoms with van der Waals surface area (Å²) >= 11 is 1.63. The number of nitrogens with one attached hydrogen (secondary N) is 1. The van der Waals surface area contributed by atoms with E-state index >= 15 is 0 Å². The number of phenolic OH excluding ortho intramolecular Hbond substituents is 1. The van der Waals surface area contributed by atoms with Crippen LogP contribution in [0.1, 0.15) is 18.4 Å². The molecule has 173 valence electrons. The molecule has 1 saturated heterocycles. The molecule has 0 aliphatic carbocycles.